The molecule has 0 bridgehead atoms. The van der Waals surface area contributed by atoms with Gasteiger partial charge in [0.15, 0.2) is 0 Å². The zero-order valence-electron chi connectivity index (χ0n) is 68.1. The van der Waals surface area contributed by atoms with Gasteiger partial charge in [-0.25, -0.2) is 0 Å². The average Bonchev–Trinajstić information content (AvgIpc) is 1.41. The summed E-state index contributed by atoms with van der Waals surface area (Å²) < 4.78 is 18.5. The monoisotopic (exact) mass is 1590 g/mol. The van der Waals surface area contributed by atoms with Crippen LogP contribution >= 0.6 is 0 Å². The molecule has 0 spiro atoms. The summed E-state index contributed by atoms with van der Waals surface area (Å²) in [4.78, 5) is 0. The smallest absolute Gasteiger partial charge is 0.135 e. The Hall–Kier alpha value is -16.5. The van der Waals surface area contributed by atoms with Crippen molar-refractivity contribution in [3.8, 4) is 100 Å². The first-order chi connectivity index (χ1) is 62.0. The van der Waals surface area contributed by atoms with Crippen LogP contribution in [0.25, 0.3) is 252 Å². The maximum absolute atomic E-state index is 6.16. The van der Waals surface area contributed by atoms with Crippen LogP contribution < -0.4 is 0 Å². The summed E-state index contributed by atoms with van der Waals surface area (Å²) >= 11 is 0. The van der Waals surface area contributed by atoms with E-state index in [0.717, 1.165) is 65.8 Å². The second kappa shape index (κ2) is 30.4. The van der Waals surface area contributed by atoms with Gasteiger partial charge in [0.25, 0.3) is 0 Å². The van der Waals surface area contributed by atoms with Gasteiger partial charge in [0.2, 0.25) is 0 Å². The maximum Gasteiger partial charge on any atom is 0.135 e. The van der Waals surface area contributed by atoms with Crippen molar-refractivity contribution >= 4 is 152 Å². The number of rotatable bonds is 9. The molecule has 0 aliphatic rings. The molecule has 3 heterocycles. The van der Waals surface area contributed by atoms with Crippen molar-refractivity contribution in [2.24, 2.45) is 0 Å². The number of hydrogen-bond acceptors (Lipinski definition) is 3. The first kappa shape index (κ1) is 72.5. The molecule has 3 nitrogen and oxygen atoms in total. The van der Waals surface area contributed by atoms with Crippen molar-refractivity contribution in [3.05, 3.63) is 461 Å². The van der Waals surface area contributed by atoms with Crippen LogP contribution in [-0.2, 0) is 0 Å². The van der Waals surface area contributed by atoms with E-state index in [9.17, 15) is 0 Å². The third-order valence-electron chi connectivity index (χ3n) is 25.6. The summed E-state index contributed by atoms with van der Waals surface area (Å²) in [6.45, 7) is 0. The Morgan fingerprint density at radius 2 is 0.336 bits per heavy atom. The van der Waals surface area contributed by atoms with Crippen LogP contribution in [0.5, 0.6) is 0 Å². The lowest BCUT2D eigenvalue weighted by Crippen LogP contribution is -1.91. The fourth-order valence-corrected chi connectivity index (χ4v) is 19.8. The second-order valence-electron chi connectivity index (χ2n) is 32.6. The number of furan rings is 3. The molecule has 26 rings (SSSR count). The first-order valence-electron chi connectivity index (χ1n) is 42.9. The fourth-order valence-electron chi connectivity index (χ4n) is 19.8. The largest absolute Gasteiger partial charge is 0.456 e. The van der Waals surface area contributed by atoms with E-state index in [1.54, 1.807) is 0 Å². The molecule has 125 heavy (non-hydrogen) atoms. The van der Waals surface area contributed by atoms with Gasteiger partial charge in [-0.1, -0.05) is 400 Å². The van der Waals surface area contributed by atoms with Crippen LogP contribution in [-0.4, -0.2) is 0 Å². The van der Waals surface area contributed by atoms with E-state index in [4.69, 9.17) is 13.3 Å². The van der Waals surface area contributed by atoms with Crippen LogP contribution in [0.3, 0.4) is 0 Å². The van der Waals surface area contributed by atoms with E-state index in [1.165, 1.54) is 186 Å². The molecule has 0 N–H and O–H groups in total. The molecule has 26 aromatic rings. The highest BCUT2D eigenvalue weighted by atomic mass is 16.3. The molecule has 23 aromatic carbocycles. The van der Waals surface area contributed by atoms with Crippen LogP contribution in [0.1, 0.15) is 0 Å². The second-order valence-corrected chi connectivity index (χ2v) is 32.6. The van der Waals surface area contributed by atoms with Crippen molar-refractivity contribution in [2.45, 2.75) is 0 Å². The Morgan fingerprint density at radius 1 is 0.104 bits per heavy atom. The summed E-state index contributed by atoms with van der Waals surface area (Å²) in [6.07, 6.45) is 0. The highest BCUT2D eigenvalue weighted by molar-refractivity contribution is 6.26. The van der Waals surface area contributed by atoms with Gasteiger partial charge in [-0.15, -0.1) is 0 Å². The minimum Gasteiger partial charge on any atom is -0.456 e. The standard InChI is InChI=1S/2C42H26O.C38H24O/c1-2-12-31-27(10-1)11-9-18-32(31)28-20-22-29(23-21-28)41-34-14-3-5-16-36(34)42(37-17-6-4-15-35(37)41)30-24-25-40-38(26-30)33-13-7-8-19-39(33)43-40;1-2-10-30-25-31(22-19-27(30)9-1)28-17-20-29(21-18-28)41-34-12-3-5-14-36(34)42(37-15-6-4-13-35(37)41)32-23-24-40-38(26-32)33-11-7-8-16-39(33)43-40;1-2-10-25(11-3-1)26-18-20-27(21-19-26)37-30-13-4-6-15-32(30)38(33-16-7-5-14-31(33)37)28-22-23-36-34(24-28)29-12-8-9-17-35(29)39-36/h2*1-26H;1-24H. The maximum atomic E-state index is 6.16. The zero-order valence-corrected chi connectivity index (χ0v) is 68.1. The number of hydrogen-bond donors (Lipinski definition) is 0. The highest BCUT2D eigenvalue weighted by Crippen LogP contribution is 2.50. The van der Waals surface area contributed by atoms with Crippen LogP contribution in [0.15, 0.2) is 474 Å². The summed E-state index contributed by atoms with van der Waals surface area (Å²) in [7, 11) is 0. The van der Waals surface area contributed by atoms with Gasteiger partial charge in [0.05, 0.1) is 0 Å². The quantitative estimate of drug-likeness (QED) is 0.135. The fraction of sp³-hybridized carbons (Fsp3) is 0. The third-order valence-corrected chi connectivity index (χ3v) is 25.6. The Morgan fingerprint density at radius 3 is 0.696 bits per heavy atom. The molecule has 0 amide bonds. The zero-order chi connectivity index (χ0) is 82.4. The van der Waals surface area contributed by atoms with Crippen molar-refractivity contribution in [1.29, 1.82) is 0 Å². The van der Waals surface area contributed by atoms with Gasteiger partial charge in [-0.2, -0.15) is 0 Å². The van der Waals surface area contributed by atoms with E-state index in [1.807, 2.05) is 36.4 Å². The minimum atomic E-state index is 0.918. The molecule has 0 saturated heterocycles. The molecular weight excluding hydrogens is 1510 g/mol. The Kier molecular flexibility index (Phi) is 17.6. The lowest BCUT2D eigenvalue weighted by Gasteiger charge is -2.18. The Balaban J connectivity index is 0.000000105. The SMILES string of the molecule is c1ccc(-c2ccc(-c3c4ccccc4c(-c4ccc5oc6ccccc6c5c4)c4ccccc34)cc2)cc1.c1ccc2c(-c3ccc(-c4c5ccccc5c(-c5ccc6oc7ccccc7c6c5)c5ccccc45)cc3)cccc2c1.c1ccc2cc(-c3ccc(-c4c5ccccc5c(-c5ccc6oc7ccccc7c6c5)c5ccccc45)cc3)ccc2c1. The van der Waals surface area contributed by atoms with E-state index in [2.05, 4.69) is 425 Å². The van der Waals surface area contributed by atoms with Crippen molar-refractivity contribution in [2.75, 3.05) is 0 Å². The van der Waals surface area contributed by atoms with Crippen molar-refractivity contribution in [1.82, 2.24) is 0 Å². The number of benzene rings is 23. The van der Waals surface area contributed by atoms with Crippen molar-refractivity contribution < 1.29 is 13.3 Å². The van der Waals surface area contributed by atoms with Crippen LogP contribution in [0.4, 0.5) is 0 Å². The molecule has 0 atom stereocenters. The summed E-state index contributed by atoms with van der Waals surface area (Å²) in [6, 6.07) is 166. The number of para-hydroxylation sites is 3. The first-order valence-corrected chi connectivity index (χ1v) is 42.9. The molecule has 0 aliphatic heterocycles. The normalized spacial score (nSPS) is 11.7. The molecular formula is C122H76O3. The van der Waals surface area contributed by atoms with Gasteiger partial charge >= 0.3 is 0 Å². The van der Waals surface area contributed by atoms with Gasteiger partial charge in [-0.3, -0.25) is 0 Å². The summed E-state index contributed by atoms with van der Waals surface area (Å²) in [5, 5.41) is 27.0. The average molecular weight is 1590 g/mol. The van der Waals surface area contributed by atoms with Gasteiger partial charge < -0.3 is 13.3 Å². The molecule has 0 radical (unpaired) electrons. The van der Waals surface area contributed by atoms with Crippen molar-refractivity contribution in [3.63, 3.8) is 0 Å². The number of fused-ring (bicyclic) bond motifs is 17. The minimum absolute atomic E-state index is 0.918. The molecule has 0 saturated carbocycles. The predicted octanol–water partition coefficient (Wildman–Crippen LogP) is 35.0. The van der Waals surface area contributed by atoms with Gasteiger partial charge in [0.1, 0.15) is 33.5 Å². The molecule has 0 fully saturated rings. The summed E-state index contributed by atoms with van der Waals surface area (Å²) in [5.74, 6) is 0. The van der Waals surface area contributed by atoms with E-state index in [-0.39, 0.29) is 0 Å². The van der Waals surface area contributed by atoms with Crippen LogP contribution in [0.2, 0.25) is 0 Å². The van der Waals surface area contributed by atoms with E-state index >= 15 is 0 Å². The van der Waals surface area contributed by atoms with Gasteiger partial charge in [-0.05, 0) is 247 Å². The summed E-state index contributed by atoms with van der Waals surface area (Å²) in [5.41, 5.74) is 27.8. The Bertz CT molecular complexity index is 8580. The van der Waals surface area contributed by atoms with Crippen LogP contribution in [0, 0.1) is 0 Å². The van der Waals surface area contributed by atoms with Gasteiger partial charge in [0, 0.05) is 32.3 Å². The predicted molar refractivity (Wildman–Crippen MR) is 530 cm³/mol. The lowest BCUT2D eigenvalue weighted by molar-refractivity contribution is 0.668. The topological polar surface area (TPSA) is 39.4 Å². The molecule has 3 heteroatoms. The van der Waals surface area contributed by atoms with E-state index in [0.29, 0.717) is 0 Å². The lowest BCUT2D eigenvalue weighted by atomic mass is 9.85. The molecule has 3 aromatic heterocycles. The van der Waals surface area contributed by atoms with E-state index < -0.39 is 0 Å². The molecule has 0 unspecified atom stereocenters. The molecule has 0 aliphatic carbocycles. The molecule has 582 valence electrons. The Labute approximate surface area is 721 Å². The third kappa shape index (κ3) is 12.6. The highest BCUT2D eigenvalue weighted by Gasteiger charge is 2.24.